The summed E-state index contributed by atoms with van der Waals surface area (Å²) in [6.07, 6.45) is 0.653. The Kier molecular flexibility index (Phi) is 4.78. The number of urea groups is 1. The highest BCUT2D eigenvalue weighted by molar-refractivity contribution is 5.90. The van der Waals surface area contributed by atoms with Crippen molar-refractivity contribution in [3.05, 3.63) is 47.6 Å². The van der Waals surface area contributed by atoms with E-state index >= 15 is 0 Å². The summed E-state index contributed by atoms with van der Waals surface area (Å²) in [5.74, 6) is 0.984. The molecular formula is C17H20N6O2. The van der Waals surface area contributed by atoms with Crippen molar-refractivity contribution in [1.82, 2.24) is 25.7 Å². The van der Waals surface area contributed by atoms with Gasteiger partial charge in [0.05, 0.1) is 5.69 Å². The Balaban J connectivity index is 1.59. The second-order valence-electron chi connectivity index (χ2n) is 5.96. The van der Waals surface area contributed by atoms with Gasteiger partial charge in [0.1, 0.15) is 0 Å². The third-order valence-corrected chi connectivity index (χ3v) is 3.56. The molecule has 0 radical (unpaired) electrons. The van der Waals surface area contributed by atoms with E-state index in [4.69, 9.17) is 4.52 Å². The van der Waals surface area contributed by atoms with Gasteiger partial charge in [-0.2, -0.15) is 10.1 Å². The molecule has 2 heterocycles. The maximum Gasteiger partial charge on any atom is 0.319 e. The van der Waals surface area contributed by atoms with Crippen LogP contribution in [0, 0.1) is 13.8 Å². The van der Waals surface area contributed by atoms with Crippen molar-refractivity contribution < 1.29 is 9.32 Å². The maximum absolute atomic E-state index is 12.2. The first-order valence-corrected chi connectivity index (χ1v) is 7.99. The van der Waals surface area contributed by atoms with Gasteiger partial charge in [-0.05, 0) is 32.0 Å². The maximum atomic E-state index is 12.2. The number of hydrogen-bond donors (Lipinski definition) is 3. The number of nitrogens with one attached hydrogen (secondary N) is 3. The lowest BCUT2D eigenvalue weighted by Gasteiger charge is -2.13. The quantitative estimate of drug-likeness (QED) is 0.662. The van der Waals surface area contributed by atoms with E-state index in [1.165, 1.54) is 0 Å². The topological polar surface area (TPSA) is 109 Å². The molecule has 0 bridgehead atoms. The van der Waals surface area contributed by atoms with E-state index in [2.05, 4.69) is 31.0 Å². The molecule has 0 saturated heterocycles. The zero-order valence-corrected chi connectivity index (χ0v) is 14.3. The summed E-state index contributed by atoms with van der Waals surface area (Å²) in [7, 11) is 0. The molecule has 8 nitrogen and oxygen atoms in total. The summed E-state index contributed by atoms with van der Waals surface area (Å²) in [5.41, 5.74) is 3.34. The van der Waals surface area contributed by atoms with Crippen LogP contribution in [0.2, 0.25) is 0 Å². The van der Waals surface area contributed by atoms with Crippen molar-refractivity contribution in [3.63, 3.8) is 0 Å². The Labute approximate surface area is 145 Å². The number of benzene rings is 1. The normalized spacial score (nSPS) is 12.0. The van der Waals surface area contributed by atoms with Gasteiger partial charge < -0.3 is 15.2 Å². The van der Waals surface area contributed by atoms with E-state index in [-0.39, 0.29) is 12.1 Å². The molecule has 1 aromatic carbocycles. The number of carbonyl (C=O) groups excluding carboxylic acids is 1. The van der Waals surface area contributed by atoms with Crippen molar-refractivity contribution >= 4 is 11.7 Å². The number of H-pyrrole nitrogens is 1. The summed E-state index contributed by atoms with van der Waals surface area (Å²) in [4.78, 5) is 16.4. The number of nitrogens with zero attached hydrogens (tertiary/aromatic N) is 3. The van der Waals surface area contributed by atoms with Gasteiger partial charge >= 0.3 is 6.03 Å². The molecule has 3 N–H and O–H groups in total. The number of carbonyl (C=O) groups is 1. The van der Waals surface area contributed by atoms with Crippen LogP contribution in [0.3, 0.4) is 0 Å². The summed E-state index contributed by atoms with van der Waals surface area (Å²) < 4.78 is 4.98. The van der Waals surface area contributed by atoms with E-state index in [0.717, 1.165) is 17.0 Å². The van der Waals surface area contributed by atoms with Crippen LogP contribution < -0.4 is 10.6 Å². The molecule has 25 heavy (non-hydrogen) atoms. The van der Waals surface area contributed by atoms with Crippen LogP contribution in [0.5, 0.6) is 0 Å². The number of aromatic amines is 1. The third kappa shape index (κ3) is 4.43. The molecule has 2 amide bonds. The standard InChI is InChI=1S/C17H20N6O2/c1-10(7-15-8-11(2)21-22-15)18-17(24)20-14-6-4-5-13(9-14)16-19-12(3)25-23-16/h4-6,8-10H,7H2,1-3H3,(H,21,22)(H2,18,20,24). The molecule has 8 heteroatoms. The van der Waals surface area contributed by atoms with Gasteiger partial charge in [-0.1, -0.05) is 17.3 Å². The van der Waals surface area contributed by atoms with Gasteiger partial charge in [-0.3, -0.25) is 5.10 Å². The minimum atomic E-state index is -0.277. The summed E-state index contributed by atoms with van der Waals surface area (Å²) >= 11 is 0. The number of anilines is 1. The second-order valence-corrected chi connectivity index (χ2v) is 5.96. The van der Waals surface area contributed by atoms with Crippen molar-refractivity contribution in [2.75, 3.05) is 5.32 Å². The van der Waals surface area contributed by atoms with E-state index in [1.807, 2.05) is 32.0 Å². The molecule has 1 atom stereocenters. The molecule has 3 rings (SSSR count). The molecule has 1 unspecified atom stereocenters. The van der Waals surface area contributed by atoms with Gasteiger partial charge in [-0.15, -0.1) is 0 Å². The van der Waals surface area contributed by atoms with Gasteiger partial charge in [0.25, 0.3) is 0 Å². The summed E-state index contributed by atoms with van der Waals surface area (Å²) in [6.45, 7) is 5.61. The first-order valence-electron chi connectivity index (χ1n) is 7.99. The number of rotatable bonds is 5. The minimum absolute atomic E-state index is 0.0502. The molecule has 0 aliphatic carbocycles. The number of aryl methyl sites for hydroxylation is 2. The van der Waals surface area contributed by atoms with Gasteiger partial charge in [0, 0.05) is 36.3 Å². The van der Waals surface area contributed by atoms with Crippen LogP contribution in [-0.2, 0) is 6.42 Å². The molecule has 0 spiro atoms. The zero-order chi connectivity index (χ0) is 17.8. The average Bonchev–Trinajstić information content (AvgIpc) is 3.16. The van der Waals surface area contributed by atoms with Crippen molar-refractivity contribution in [3.8, 4) is 11.4 Å². The number of hydrogen-bond acceptors (Lipinski definition) is 5. The zero-order valence-electron chi connectivity index (χ0n) is 14.3. The molecule has 2 aromatic heterocycles. The SMILES string of the molecule is Cc1cc(CC(C)NC(=O)Nc2cccc(-c3noc(C)n3)c2)n[nH]1. The van der Waals surface area contributed by atoms with Gasteiger partial charge in [0.2, 0.25) is 11.7 Å². The number of amides is 2. The molecule has 0 aliphatic heterocycles. The first kappa shape index (κ1) is 16.7. The second kappa shape index (κ2) is 7.16. The molecule has 130 valence electrons. The fourth-order valence-electron chi connectivity index (χ4n) is 2.49. The smallest absolute Gasteiger partial charge is 0.319 e. The molecular weight excluding hydrogens is 320 g/mol. The van der Waals surface area contributed by atoms with Gasteiger partial charge in [-0.25, -0.2) is 4.79 Å². The van der Waals surface area contributed by atoms with Crippen molar-refractivity contribution in [2.24, 2.45) is 0 Å². The van der Waals surface area contributed by atoms with Crippen LogP contribution in [0.25, 0.3) is 11.4 Å². The first-order chi connectivity index (χ1) is 12.0. The highest BCUT2D eigenvalue weighted by atomic mass is 16.5. The molecule has 0 saturated carbocycles. The van der Waals surface area contributed by atoms with E-state index in [9.17, 15) is 4.79 Å². The Hall–Kier alpha value is -3.16. The van der Waals surface area contributed by atoms with Gasteiger partial charge in [0.15, 0.2) is 0 Å². The Morgan fingerprint density at radius 1 is 1.32 bits per heavy atom. The fourth-order valence-corrected chi connectivity index (χ4v) is 2.49. The lowest BCUT2D eigenvalue weighted by atomic mass is 10.2. The molecule has 0 fully saturated rings. The predicted octanol–water partition coefficient (Wildman–Crippen LogP) is 2.83. The Morgan fingerprint density at radius 2 is 2.16 bits per heavy atom. The highest BCUT2D eigenvalue weighted by Crippen LogP contribution is 2.19. The minimum Gasteiger partial charge on any atom is -0.339 e. The van der Waals surface area contributed by atoms with E-state index in [1.54, 1.807) is 19.1 Å². The lowest BCUT2D eigenvalue weighted by molar-refractivity contribution is 0.249. The van der Waals surface area contributed by atoms with Crippen LogP contribution >= 0.6 is 0 Å². The fraction of sp³-hybridized carbons (Fsp3) is 0.294. The molecule has 0 aliphatic rings. The van der Waals surface area contributed by atoms with Crippen LogP contribution in [-0.4, -0.2) is 32.4 Å². The highest BCUT2D eigenvalue weighted by Gasteiger charge is 2.11. The van der Waals surface area contributed by atoms with Crippen LogP contribution in [0.1, 0.15) is 24.2 Å². The predicted molar refractivity (Wildman–Crippen MR) is 93.1 cm³/mol. The van der Waals surface area contributed by atoms with E-state index < -0.39 is 0 Å². The van der Waals surface area contributed by atoms with E-state index in [0.29, 0.717) is 23.8 Å². The Bertz CT molecular complexity index is 869. The lowest BCUT2D eigenvalue weighted by Crippen LogP contribution is -2.37. The van der Waals surface area contributed by atoms with Crippen LogP contribution in [0.4, 0.5) is 10.5 Å². The van der Waals surface area contributed by atoms with Crippen molar-refractivity contribution in [2.45, 2.75) is 33.2 Å². The van der Waals surface area contributed by atoms with Crippen LogP contribution in [0.15, 0.2) is 34.9 Å². The summed E-state index contributed by atoms with van der Waals surface area (Å²) in [6, 6.07) is 8.92. The average molecular weight is 340 g/mol. The summed E-state index contributed by atoms with van der Waals surface area (Å²) in [5, 5.41) is 16.7. The monoisotopic (exact) mass is 340 g/mol. The largest absolute Gasteiger partial charge is 0.339 e. The third-order valence-electron chi connectivity index (χ3n) is 3.56. The number of aromatic nitrogens is 4. The Morgan fingerprint density at radius 3 is 2.84 bits per heavy atom. The molecule has 3 aromatic rings. The van der Waals surface area contributed by atoms with Crippen molar-refractivity contribution in [1.29, 1.82) is 0 Å².